The third kappa shape index (κ3) is 3.47. The van der Waals surface area contributed by atoms with E-state index in [4.69, 9.17) is 0 Å². The third-order valence-electron chi connectivity index (χ3n) is 4.30. The van der Waals surface area contributed by atoms with Crippen LogP contribution >= 0.6 is 15.9 Å². The highest BCUT2D eigenvalue weighted by Crippen LogP contribution is 2.36. The number of rotatable bonds is 2. The van der Waals surface area contributed by atoms with E-state index in [9.17, 15) is 10.1 Å². The summed E-state index contributed by atoms with van der Waals surface area (Å²) >= 11 is 3.53. The lowest BCUT2D eigenvalue weighted by Gasteiger charge is -2.24. The summed E-state index contributed by atoms with van der Waals surface area (Å²) in [4.78, 5) is 12.6. The van der Waals surface area contributed by atoms with Crippen molar-refractivity contribution < 1.29 is 4.79 Å². The van der Waals surface area contributed by atoms with Gasteiger partial charge in [-0.3, -0.25) is 4.79 Å². The van der Waals surface area contributed by atoms with Crippen molar-refractivity contribution in [3.05, 3.63) is 27.7 Å². The Morgan fingerprint density at radius 1 is 1.19 bits per heavy atom. The van der Waals surface area contributed by atoms with Crippen molar-refractivity contribution in [2.45, 2.75) is 52.4 Å². The topological polar surface area (TPSA) is 52.9 Å². The van der Waals surface area contributed by atoms with E-state index in [1.807, 2.05) is 26.0 Å². The van der Waals surface area contributed by atoms with Gasteiger partial charge in [0.05, 0.1) is 6.07 Å². The molecule has 1 amide bonds. The molecule has 112 valence electrons. The Bertz CT molecular complexity index is 558. The van der Waals surface area contributed by atoms with E-state index < -0.39 is 5.41 Å². The van der Waals surface area contributed by atoms with Crippen molar-refractivity contribution >= 4 is 27.5 Å². The van der Waals surface area contributed by atoms with Gasteiger partial charge in [-0.2, -0.15) is 5.26 Å². The van der Waals surface area contributed by atoms with Crippen LogP contribution in [-0.2, 0) is 4.79 Å². The lowest BCUT2D eigenvalue weighted by atomic mass is 9.81. The number of benzene rings is 1. The van der Waals surface area contributed by atoms with E-state index in [0.717, 1.165) is 47.0 Å². The Balaban J connectivity index is 2.22. The monoisotopic (exact) mass is 348 g/mol. The van der Waals surface area contributed by atoms with Crippen molar-refractivity contribution in [1.29, 1.82) is 5.26 Å². The number of aryl methyl sites for hydroxylation is 2. The molecule has 2 rings (SSSR count). The highest BCUT2D eigenvalue weighted by Gasteiger charge is 2.38. The second-order valence-corrected chi connectivity index (χ2v) is 6.78. The lowest BCUT2D eigenvalue weighted by molar-refractivity contribution is -0.123. The normalized spacial score (nSPS) is 17.6. The van der Waals surface area contributed by atoms with E-state index in [0.29, 0.717) is 12.8 Å². The summed E-state index contributed by atoms with van der Waals surface area (Å²) in [5, 5.41) is 12.5. The minimum absolute atomic E-state index is 0.145. The lowest BCUT2D eigenvalue weighted by Crippen LogP contribution is -2.34. The third-order valence-corrected chi connectivity index (χ3v) is 5.55. The number of nitrogens with zero attached hydrogens (tertiary/aromatic N) is 1. The molecule has 1 aliphatic carbocycles. The molecule has 1 aromatic rings. The number of nitriles is 1. The summed E-state index contributed by atoms with van der Waals surface area (Å²) in [5.74, 6) is -0.145. The van der Waals surface area contributed by atoms with Crippen molar-refractivity contribution in [2.24, 2.45) is 5.41 Å². The fraction of sp³-hybridized carbons (Fsp3) is 0.529. The van der Waals surface area contributed by atoms with Gasteiger partial charge in [-0.15, -0.1) is 0 Å². The zero-order valence-corrected chi connectivity index (χ0v) is 14.2. The molecule has 0 atom stereocenters. The first-order valence-corrected chi connectivity index (χ1v) is 8.27. The predicted octanol–water partition coefficient (Wildman–Crippen LogP) is 4.87. The minimum atomic E-state index is -0.856. The van der Waals surface area contributed by atoms with Gasteiger partial charge in [-0.05, 0) is 49.9 Å². The van der Waals surface area contributed by atoms with Crippen molar-refractivity contribution in [1.82, 2.24) is 0 Å². The summed E-state index contributed by atoms with van der Waals surface area (Å²) < 4.78 is 1.06. The number of anilines is 1. The molecular formula is C17H21BrN2O. The van der Waals surface area contributed by atoms with Crippen LogP contribution < -0.4 is 5.32 Å². The summed E-state index contributed by atoms with van der Waals surface area (Å²) in [6.45, 7) is 4.00. The maximum Gasteiger partial charge on any atom is 0.244 e. The molecule has 0 unspecified atom stereocenters. The number of amides is 1. The number of hydrogen-bond acceptors (Lipinski definition) is 2. The van der Waals surface area contributed by atoms with Crippen molar-refractivity contribution in [2.75, 3.05) is 5.32 Å². The maximum atomic E-state index is 12.6. The first-order valence-electron chi connectivity index (χ1n) is 7.48. The molecule has 3 nitrogen and oxygen atoms in total. The standard InChI is InChI=1S/C17H21BrN2O/c1-12-9-14(10-13(2)15(12)18)20-16(21)17(11-19)7-5-3-4-6-8-17/h9-10H,3-8H2,1-2H3,(H,20,21). The Kier molecular flexibility index (Phi) is 5.05. The molecule has 1 saturated carbocycles. The molecule has 0 radical (unpaired) electrons. The molecule has 21 heavy (non-hydrogen) atoms. The van der Waals surface area contributed by atoms with Crippen LogP contribution in [0, 0.1) is 30.6 Å². The first-order chi connectivity index (χ1) is 9.98. The molecule has 0 bridgehead atoms. The quantitative estimate of drug-likeness (QED) is 0.775. The van der Waals surface area contributed by atoms with Gasteiger partial charge < -0.3 is 5.32 Å². The fourth-order valence-electron chi connectivity index (χ4n) is 2.99. The average Bonchev–Trinajstić information content (AvgIpc) is 2.71. The summed E-state index contributed by atoms with van der Waals surface area (Å²) in [7, 11) is 0. The van der Waals surface area contributed by atoms with Crippen molar-refractivity contribution in [3.8, 4) is 6.07 Å². The molecule has 0 aliphatic heterocycles. The van der Waals surface area contributed by atoms with Gasteiger partial charge in [-0.25, -0.2) is 0 Å². The van der Waals surface area contributed by atoms with Gasteiger partial charge in [-0.1, -0.05) is 41.6 Å². The Hall–Kier alpha value is -1.34. The molecule has 1 aromatic carbocycles. The molecule has 0 spiro atoms. The second-order valence-electron chi connectivity index (χ2n) is 5.99. The zero-order valence-electron chi connectivity index (χ0n) is 12.6. The molecule has 0 saturated heterocycles. The van der Waals surface area contributed by atoms with Crippen LogP contribution in [0.5, 0.6) is 0 Å². The summed E-state index contributed by atoms with van der Waals surface area (Å²) in [6.07, 6.45) is 5.49. The predicted molar refractivity (Wildman–Crippen MR) is 88.0 cm³/mol. The van der Waals surface area contributed by atoms with Gasteiger partial charge >= 0.3 is 0 Å². The maximum absolute atomic E-state index is 12.6. The van der Waals surface area contributed by atoms with Crippen LogP contribution in [0.1, 0.15) is 49.7 Å². The smallest absolute Gasteiger partial charge is 0.244 e. The van der Waals surface area contributed by atoms with Crippen LogP contribution in [0.3, 0.4) is 0 Å². The molecule has 0 heterocycles. The van der Waals surface area contributed by atoms with Gasteiger partial charge in [0.25, 0.3) is 0 Å². The second kappa shape index (κ2) is 6.62. The number of hydrogen-bond donors (Lipinski definition) is 1. The first kappa shape index (κ1) is 16.0. The molecule has 1 fully saturated rings. The fourth-order valence-corrected chi connectivity index (χ4v) is 3.22. The van der Waals surface area contributed by atoms with E-state index >= 15 is 0 Å². The van der Waals surface area contributed by atoms with Crippen LogP contribution in [0.2, 0.25) is 0 Å². The van der Waals surface area contributed by atoms with Gasteiger partial charge in [0, 0.05) is 10.2 Å². The highest BCUT2D eigenvalue weighted by atomic mass is 79.9. The van der Waals surface area contributed by atoms with E-state index in [-0.39, 0.29) is 5.91 Å². The molecule has 1 N–H and O–H groups in total. The molecule has 0 aromatic heterocycles. The molecule has 1 aliphatic rings. The van der Waals surface area contributed by atoms with Crippen LogP contribution in [0.25, 0.3) is 0 Å². The van der Waals surface area contributed by atoms with Gasteiger partial charge in [0.2, 0.25) is 5.91 Å². The SMILES string of the molecule is Cc1cc(NC(=O)C2(C#N)CCCCCC2)cc(C)c1Br. The average molecular weight is 349 g/mol. The van der Waals surface area contributed by atoms with E-state index in [1.165, 1.54) is 0 Å². The Morgan fingerprint density at radius 2 is 1.71 bits per heavy atom. The van der Waals surface area contributed by atoms with Crippen LogP contribution in [0.15, 0.2) is 16.6 Å². The highest BCUT2D eigenvalue weighted by molar-refractivity contribution is 9.10. The molecular weight excluding hydrogens is 328 g/mol. The minimum Gasteiger partial charge on any atom is -0.325 e. The van der Waals surface area contributed by atoms with Gasteiger partial charge in [0.1, 0.15) is 5.41 Å². The number of nitrogens with one attached hydrogen (secondary N) is 1. The van der Waals surface area contributed by atoms with Crippen LogP contribution in [0.4, 0.5) is 5.69 Å². The van der Waals surface area contributed by atoms with Gasteiger partial charge in [0.15, 0.2) is 0 Å². The van der Waals surface area contributed by atoms with E-state index in [2.05, 4.69) is 27.3 Å². The zero-order chi connectivity index (χ0) is 15.5. The number of carbonyl (C=O) groups is 1. The van der Waals surface area contributed by atoms with Crippen molar-refractivity contribution in [3.63, 3.8) is 0 Å². The van der Waals surface area contributed by atoms with Crippen LogP contribution in [-0.4, -0.2) is 5.91 Å². The number of halogens is 1. The number of carbonyl (C=O) groups excluding carboxylic acids is 1. The molecule has 4 heteroatoms. The summed E-state index contributed by atoms with van der Waals surface area (Å²) in [5.41, 5.74) is 2.08. The Morgan fingerprint density at radius 3 is 2.19 bits per heavy atom. The Labute approximate surface area is 134 Å². The summed E-state index contributed by atoms with van der Waals surface area (Å²) in [6, 6.07) is 6.18. The largest absolute Gasteiger partial charge is 0.325 e. The van der Waals surface area contributed by atoms with E-state index in [1.54, 1.807) is 0 Å².